The van der Waals surface area contributed by atoms with Crippen molar-refractivity contribution in [2.45, 2.75) is 39.3 Å². The molecule has 2 N–H and O–H groups in total. The van der Waals surface area contributed by atoms with Crippen molar-refractivity contribution in [3.05, 3.63) is 35.9 Å². The van der Waals surface area contributed by atoms with Crippen LogP contribution in [-0.2, 0) is 14.3 Å². The van der Waals surface area contributed by atoms with Crippen LogP contribution < -0.4 is 10.6 Å². The molecular formula is C20H31N3O3. The second-order valence-electron chi connectivity index (χ2n) is 7.13. The molecule has 1 saturated heterocycles. The van der Waals surface area contributed by atoms with Gasteiger partial charge < -0.3 is 15.4 Å². The van der Waals surface area contributed by atoms with E-state index in [2.05, 4.69) is 29.4 Å². The van der Waals surface area contributed by atoms with Crippen LogP contribution in [0.1, 0.15) is 38.8 Å². The van der Waals surface area contributed by atoms with Crippen molar-refractivity contribution in [1.82, 2.24) is 15.5 Å². The Morgan fingerprint density at radius 3 is 2.38 bits per heavy atom. The van der Waals surface area contributed by atoms with Gasteiger partial charge in [0.2, 0.25) is 11.8 Å². The zero-order chi connectivity index (χ0) is 18.9. The van der Waals surface area contributed by atoms with Crippen molar-refractivity contribution in [3.8, 4) is 0 Å². The molecule has 144 valence electrons. The van der Waals surface area contributed by atoms with E-state index in [1.165, 1.54) is 6.92 Å². The van der Waals surface area contributed by atoms with Crippen LogP contribution in [0.25, 0.3) is 0 Å². The molecule has 0 bridgehead atoms. The first kappa shape index (κ1) is 20.4. The molecular weight excluding hydrogens is 330 g/mol. The minimum atomic E-state index is -0.311. The van der Waals surface area contributed by atoms with Crippen LogP contribution in [0.15, 0.2) is 30.3 Å². The standard InChI is InChI=1S/C20H31N3O3/c1-15(2)19(23-9-11-26-12-10-23)14-21-20(25)13-18(22-16(3)24)17-7-5-4-6-8-17/h4-8,15,18-19H,9-14H2,1-3H3,(H,21,25)(H,22,24). The van der Waals surface area contributed by atoms with Crippen molar-refractivity contribution in [2.24, 2.45) is 5.92 Å². The van der Waals surface area contributed by atoms with Crippen LogP contribution >= 0.6 is 0 Å². The van der Waals surface area contributed by atoms with Gasteiger partial charge in [-0.1, -0.05) is 44.2 Å². The molecule has 2 unspecified atom stereocenters. The van der Waals surface area contributed by atoms with E-state index in [-0.39, 0.29) is 24.3 Å². The van der Waals surface area contributed by atoms with Crippen LogP contribution in [0.5, 0.6) is 0 Å². The third kappa shape index (κ3) is 6.42. The van der Waals surface area contributed by atoms with Crippen LogP contribution in [0, 0.1) is 5.92 Å². The van der Waals surface area contributed by atoms with Gasteiger partial charge >= 0.3 is 0 Å². The smallest absolute Gasteiger partial charge is 0.222 e. The van der Waals surface area contributed by atoms with Gasteiger partial charge in [-0.15, -0.1) is 0 Å². The van der Waals surface area contributed by atoms with E-state index in [4.69, 9.17) is 4.74 Å². The SMILES string of the molecule is CC(=O)NC(CC(=O)NCC(C(C)C)N1CCOCC1)c1ccccc1. The summed E-state index contributed by atoms with van der Waals surface area (Å²) in [6, 6.07) is 9.58. The fourth-order valence-electron chi connectivity index (χ4n) is 3.35. The first-order chi connectivity index (χ1) is 12.5. The van der Waals surface area contributed by atoms with E-state index in [9.17, 15) is 9.59 Å². The van der Waals surface area contributed by atoms with Crippen LogP contribution in [0.3, 0.4) is 0 Å². The molecule has 0 saturated carbocycles. The first-order valence-electron chi connectivity index (χ1n) is 9.38. The van der Waals surface area contributed by atoms with Crippen molar-refractivity contribution >= 4 is 11.8 Å². The normalized spacial score (nSPS) is 17.5. The Morgan fingerprint density at radius 1 is 1.15 bits per heavy atom. The molecule has 0 aliphatic carbocycles. The molecule has 1 heterocycles. The molecule has 1 aliphatic heterocycles. The zero-order valence-corrected chi connectivity index (χ0v) is 16.0. The monoisotopic (exact) mass is 361 g/mol. The number of hydrogen-bond donors (Lipinski definition) is 2. The summed E-state index contributed by atoms with van der Waals surface area (Å²) in [7, 11) is 0. The predicted molar refractivity (Wildman–Crippen MR) is 102 cm³/mol. The summed E-state index contributed by atoms with van der Waals surface area (Å²) >= 11 is 0. The lowest BCUT2D eigenvalue weighted by Crippen LogP contribution is -2.51. The fraction of sp³-hybridized carbons (Fsp3) is 0.600. The molecule has 2 rings (SSSR count). The van der Waals surface area contributed by atoms with Crippen molar-refractivity contribution in [1.29, 1.82) is 0 Å². The highest BCUT2D eigenvalue weighted by atomic mass is 16.5. The molecule has 2 atom stereocenters. The molecule has 1 fully saturated rings. The molecule has 1 aromatic rings. The summed E-state index contributed by atoms with van der Waals surface area (Å²) in [6.45, 7) is 9.73. The third-order valence-electron chi connectivity index (χ3n) is 4.76. The van der Waals surface area contributed by atoms with Crippen LogP contribution in [-0.4, -0.2) is 55.6 Å². The summed E-state index contributed by atoms with van der Waals surface area (Å²) in [5.74, 6) is 0.250. The summed E-state index contributed by atoms with van der Waals surface area (Å²) in [4.78, 5) is 26.4. The average Bonchev–Trinajstić information content (AvgIpc) is 2.62. The van der Waals surface area contributed by atoms with E-state index >= 15 is 0 Å². The van der Waals surface area contributed by atoms with Crippen LogP contribution in [0.4, 0.5) is 0 Å². The van der Waals surface area contributed by atoms with Crippen molar-refractivity contribution < 1.29 is 14.3 Å². The number of nitrogens with one attached hydrogen (secondary N) is 2. The van der Waals surface area contributed by atoms with Gasteiger partial charge in [0.25, 0.3) is 0 Å². The quantitative estimate of drug-likeness (QED) is 0.740. The molecule has 1 aliphatic rings. The van der Waals surface area contributed by atoms with E-state index in [0.29, 0.717) is 18.5 Å². The van der Waals surface area contributed by atoms with Gasteiger partial charge in [0.05, 0.1) is 25.7 Å². The minimum Gasteiger partial charge on any atom is -0.379 e. The number of morpholine rings is 1. The fourth-order valence-corrected chi connectivity index (χ4v) is 3.35. The summed E-state index contributed by atoms with van der Waals surface area (Å²) < 4.78 is 5.42. The van der Waals surface area contributed by atoms with Gasteiger partial charge in [-0.2, -0.15) is 0 Å². The topological polar surface area (TPSA) is 70.7 Å². The number of hydrogen-bond acceptors (Lipinski definition) is 4. The number of rotatable bonds is 8. The van der Waals surface area contributed by atoms with Crippen LogP contribution in [0.2, 0.25) is 0 Å². The van der Waals surface area contributed by atoms with E-state index in [1.54, 1.807) is 0 Å². The Kier molecular flexibility index (Phi) is 8.06. The number of benzene rings is 1. The van der Waals surface area contributed by atoms with Crippen molar-refractivity contribution in [3.63, 3.8) is 0 Å². The molecule has 6 nitrogen and oxygen atoms in total. The minimum absolute atomic E-state index is 0.0495. The second kappa shape index (κ2) is 10.3. The third-order valence-corrected chi connectivity index (χ3v) is 4.76. The molecule has 1 aromatic carbocycles. The molecule has 0 radical (unpaired) electrons. The lowest BCUT2D eigenvalue weighted by molar-refractivity contribution is -0.123. The predicted octanol–water partition coefficient (Wildman–Crippen LogP) is 1.73. The first-order valence-corrected chi connectivity index (χ1v) is 9.38. The summed E-state index contributed by atoms with van der Waals surface area (Å²) in [5.41, 5.74) is 0.937. The van der Waals surface area contributed by atoms with E-state index in [0.717, 1.165) is 31.9 Å². The number of ether oxygens (including phenoxy) is 1. The highest BCUT2D eigenvalue weighted by Crippen LogP contribution is 2.17. The van der Waals surface area contributed by atoms with Crippen molar-refractivity contribution in [2.75, 3.05) is 32.8 Å². The maximum Gasteiger partial charge on any atom is 0.222 e. The molecule has 6 heteroatoms. The largest absolute Gasteiger partial charge is 0.379 e. The lowest BCUT2D eigenvalue weighted by atomic mass is 10.0. The Morgan fingerprint density at radius 2 is 1.81 bits per heavy atom. The second-order valence-corrected chi connectivity index (χ2v) is 7.13. The summed E-state index contributed by atoms with van der Waals surface area (Å²) in [5, 5.41) is 5.94. The van der Waals surface area contributed by atoms with E-state index < -0.39 is 0 Å². The van der Waals surface area contributed by atoms with Gasteiger partial charge in [-0.05, 0) is 11.5 Å². The number of carbonyl (C=O) groups is 2. The van der Waals surface area contributed by atoms with Gasteiger partial charge in [-0.25, -0.2) is 0 Å². The lowest BCUT2D eigenvalue weighted by Gasteiger charge is -2.37. The maximum atomic E-state index is 12.5. The van der Waals surface area contributed by atoms with Gasteiger partial charge in [0.1, 0.15) is 0 Å². The Bertz CT molecular complexity index is 571. The molecule has 2 amide bonds. The highest BCUT2D eigenvalue weighted by Gasteiger charge is 2.25. The molecule has 0 spiro atoms. The van der Waals surface area contributed by atoms with Gasteiger partial charge in [0.15, 0.2) is 0 Å². The van der Waals surface area contributed by atoms with Gasteiger partial charge in [0, 0.05) is 32.6 Å². The number of amides is 2. The van der Waals surface area contributed by atoms with Gasteiger partial charge in [-0.3, -0.25) is 14.5 Å². The maximum absolute atomic E-state index is 12.5. The molecule has 26 heavy (non-hydrogen) atoms. The summed E-state index contributed by atoms with van der Waals surface area (Å²) in [6.07, 6.45) is 0.234. The average molecular weight is 361 g/mol. The Hall–Kier alpha value is -1.92. The Balaban J connectivity index is 1.92. The Labute approximate surface area is 156 Å². The molecule has 0 aromatic heterocycles. The number of carbonyl (C=O) groups excluding carboxylic acids is 2. The zero-order valence-electron chi connectivity index (χ0n) is 16.0. The van der Waals surface area contributed by atoms with E-state index in [1.807, 2.05) is 30.3 Å². The highest BCUT2D eigenvalue weighted by molar-refractivity contribution is 5.79. The number of nitrogens with zero attached hydrogens (tertiary/aromatic N) is 1.